The summed E-state index contributed by atoms with van der Waals surface area (Å²) in [5.41, 5.74) is 1.25. The average molecular weight is 469 g/mol. The van der Waals surface area contributed by atoms with Crippen LogP contribution in [-0.4, -0.2) is 57.0 Å². The van der Waals surface area contributed by atoms with Crippen LogP contribution in [0.1, 0.15) is 42.1 Å². The number of pyridine rings is 2. The van der Waals surface area contributed by atoms with Gasteiger partial charge in [0, 0.05) is 49.1 Å². The van der Waals surface area contributed by atoms with Crippen molar-refractivity contribution in [2.24, 2.45) is 5.92 Å². The molecule has 178 valence electrons. The van der Waals surface area contributed by atoms with Crippen molar-refractivity contribution in [1.29, 1.82) is 0 Å². The van der Waals surface area contributed by atoms with Crippen molar-refractivity contribution >= 4 is 22.7 Å². The van der Waals surface area contributed by atoms with Crippen LogP contribution in [0.4, 0.5) is 8.78 Å². The molecule has 4 rings (SSSR count). The van der Waals surface area contributed by atoms with Crippen molar-refractivity contribution in [2.75, 3.05) is 13.1 Å². The molecule has 1 aliphatic rings. The number of piperidine rings is 1. The van der Waals surface area contributed by atoms with Crippen LogP contribution < -0.4 is 5.32 Å². The summed E-state index contributed by atoms with van der Waals surface area (Å²) in [7, 11) is 0. The number of amides is 2. The molecule has 0 unspecified atom stereocenters. The Balaban J connectivity index is 1.64. The summed E-state index contributed by atoms with van der Waals surface area (Å²) in [4.78, 5) is 36.1. The Morgan fingerprint density at radius 3 is 2.62 bits per heavy atom. The Labute approximate surface area is 195 Å². The summed E-state index contributed by atoms with van der Waals surface area (Å²) in [6.45, 7) is 3.83. The first-order chi connectivity index (χ1) is 16.2. The quantitative estimate of drug-likeness (QED) is 0.600. The lowest BCUT2D eigenvalue weighted by atomic mass is 9.84. The predicted molar refractivity (Wildman–Crippen MR) is 122 cm³/mol. The molecule has 3 aromatic rings. The highest BCUT2D eigenvalue weighted by atomic mass is 19.1. The summed E-state index contributed by atoms with van der Waals surface area (Å²) in [5.74, 6) is -3.09. The standard InChI is InChI=1S/C25H26F2N4O3/c1-14(2)23(32)24(33)30-21-13-31(7-5-19(21)16-8-17(26)10-18(27)9-16)25(34)20-12-28-11-15-4-3-6-29-22(15)20/h3-4,6,8-12,14,19,21,23,32H,5,7,13H2,1-2H3,(H,30,33)/t19-,21+,23+/m0/s1. The number of aliphatic hydroxyl groups excluding tert-OH is 1. The molecule has 9 heteroatoms. The molecule has 7 nitrogen and oxygen atoms in total. The van der Waals surface area contributed by atoms with E-state index in [-0.39, 0.29) is 18.4 Å². The van der Waals surface area contributed by atoms with Gasteiger partial charge in [-0.2, -0.15) is 0 Å². The van der Waals surface area contributed by atoms with Crippen LogP contribution in [0.5, 0.6) is 0 Å². The van der Waals surface area contributed by atoms with Crippen LogP contribution in [0.2, 0.25) is 0 Å². The number of hydrogen-bond acceptors (Lipinski definition) is 5. The molecule has 2 amide bonds. The Bertz CT molecular complexity index is 1190. The second-order valence-electron chi connectivity index (χ2n) is 8.92. The molecule has 1 aliphatic heterocycles. The first kappa shape index (κ1) is 23.7. The first-order valence-electron chi connectivity index (χ1n) is 11.2. The number of aliphatic hydroxyl groups is 1. The van der Waals surface area contributed by atoms with Crippen LogP contribution in [0, 0.1) is 17.6 Å². The van der Waals surface area contributed by atoms with Gasteiger partial charge in [-0.05, 0) is 42.2 Å². The van der Waals surface area contributed by atoms with Gasteiger partial charge in [-0.1, -0.05) is 13.8 Å². The maximum Gasteiger partial charge on any atom is 0.257 e. The number of nitrogens with zero attached hydrogens (tertiary/aromatic N) is 3. The summed E-state index contributed by atoms with van der Waals surface area (Å²) < 4.78 is 27.9. The topological polar surface area (TPSA) is 95.4 Å². The van der Waals surface area contributed by atoms with Gasteiger partial charge in [-0.15, -0.1) is 0 Å². The summed E-state index contributed by atoms with van der Waals surface area (Å²) in [6.07, 6.45) is 3.80. The van der Waals surface area contributed by atoms with E-state index in [1.807, 2.05) is 6.07 Å². The maximum absolute atomic E-state index is 13.9. The highest BCUT2D eigenvalue weighted by molar-refractivity contribution is 6.05. The van der Waals surface area contributed by atoms with Gasteiger partial charge in [0.2, 0.25) is 5.91 Å². The van der Waals surface area contributed by atoms with E-state index in [4.69, 9.17) is 0 Å². The molecule has 34 heavy (non-hydrogen) atoms. The van der Waals surface area contributed by atoms with Gasteiger partial charge in [-0.25, -0.2) is 8.78 Å². The molecule has 0 bridgehead atoms. The van der Waals surface area contributed by atoms with Crippen molar-refractivity contribution < 1.29 is 23.5 Å². The third-order valence-corrected chi connectivity index (χ3v) is 6.18. The summed E-state index contributed by atoms with van der Waals surface area (Å²) in [5, 5.41) is 13.7. The van der Waals surface area contributed by atoms with Gasteiger partial charge in [0.15, 0.2) is 0 Å². The number of likely N-dealkylation sites (tertiary alicyclic amines) is 1. The normalized spacial score (nSPS) is 19.3. The third-order valence-electron chi connectivity index (χ3n) is 6.18. The Hall–Kier alpha value is -3.46. The lowest BCUT2D eigenvalue weighted by molar-refractivity contribution is -0.132. The van der Waals surface area contributed by atoms with E-state index < -0.39 is 35.6 Å². The number of carbonyl (C=O) groups excluding carboxylic acids is 2. The molecule has 1 saturated heterocycles. The number of fused-ring (bicyclic) bond motifs is 1. The molecule has 2 aromatic heterocycles. The molecule has 2 N–H and O–H groups in total. The van der Waals surface area contributed by atoms with Gasteiger partial charge >= 0.3 is 0 Å². The molecule has 0 saturated carbocycles. The number of rotatable bonds is 5. The van der Waals surface area contributed by atoms with E-state index in [0.29, 0.717) is 29.6 Å². The van der Waals surface area contributed by atoms with E-state index in [2.05, 4.69) is 15.3 Å². The van der Waals surface area contributed by atoms with Crippen LogP contribution in [0.15, 0.2) is 48.9 Å². The molecule has 0 radical (unpaired) electrons. The molecule has 1 fully saturated rings. The number of aromatic nitrogens is 2. The fraction of sp³-hybridized carbons (Fsp3) is 0.360. The number of benzene rings is 1. The van der Waals surface area contributed by atoms with Crippen molar-refractivity contribution in [2.45, 2.75) is 38.3 Å². The highest BCUT2D eigenvalue weighted by Crippen LogP contribution is 2.31. The number of carbonyl (C=O) groups is 2. The molecular formula is C25H26F2N4O3. The minimum absolute atomic E-state index is 0.0986. The van der Waals surface area contributed by atoms with Gasteiger partial charge in [-0.3, -0.25) is 19.6 Å². The van der Waals surface area contributed by atoms with E-state index in [1.54, 1.807) is 37.2 Å². The fourth-order valence-corrected chi connectivity index (χ4v) is 4.37. The number of halogens is 2. The van der Waals surface area contributed by atoms with E-state index in [0.717, 1.165) is 11.5 Å². The van der Waals surface area contributed by atoms with E-state index >= 15 is 0 Å². The monoisotopic (exact) mass is 468 g/mol. The van der Waals surface area contributed by atoms with E-state index in [9.17, 15) is 23.5 Å². The Morgan fingerprint density at radius 2 is 1.91 bits per heavy atom. The molecule has 3 atom stereocenters. The molecular weight excluding hydrogens is 442 g/mol. The molecule has 0 aliphatic carbocycles. The predicted octanol–water partition coefficient (Wildman–Crippen LogP) is 3.04. The van der Waals surface area contributed by atoms with Crippen LogP contribution in [0.25, 0.3) is 10.9 Å². The van der Waals surface area contributed by atoms with Crippen molar-refractivity contribution in [1.82, 2.24) is 20.2 Å². The lowest BCUT2D eigenvalue weighted by Crippen LogP contribution is -2.55. The van der Waals surface area contributed by atoms with Crippen LogP contribution >= 0.6 is 0 Å². The lowest BCUT2D eigenvalue weighted by Gasteiger charge is -2.39. The van der Waals surface area contributed by atoms with Gasteiger partial charge in [0.1, 0.15) is 17.7 Å². The molecule has 1 aromatic carbocycles. The average Bonchev–Trinajstić information content (AvgIpc) is 2.82. The Morgan fingerprint density at radius 1 is 1.18 bits per heavy atom. The third kappa shape index (κ3) is 4.89. The first-order valence-corrected chi connectivity index (χ1v) is 11.2. The molecule has 3 heterocycles. The van der Waals surface area contributed by atoms with Gasteiger partial charge in [0.05, 0.1) is 17.1 Å². The van der Waals surface area contributed by atoms with E-state index in [1.165, 1.54) is 18.3 Å². The summed E-state index contributed by atoms with van der Waals surface area (Å²) >= 11 is 0. The zero-order valence-corrected chi connectivity index (χ0v) is 18.9. The van der Waals surface area contributed by atoms with Crippen molar-refractivity contribution in [3.8, 4) is 0 Å². The van der Waals surface area contributed by atoms with Crippen LogP contribution in [0.3, 0.4) is 0 Å². The maximum atomic E-state index is 13.9. The van der Waals surface area contributed by atoms with Gasteiger partial charge < -0.3 is 15.3 Å². The SMILES string of the molecule is CC(C)[C@@H](O)C(=O)N[C@@H]1CN(C(=O)c2cncc3cccnc23)CC[C@H]1c1cc(F)cc(F)c1. The van der Waals surface area contributed by atoms with Gasteiger partial charge in [0.25, 0.3) is 5.91 Å². The van der Waals surface area contributed by atoms with Crippen molar-refractivity contribution in [3.05, 3.63) is 71.7 Å². The van der Waals surface area contributed by atoms with Crippen molar-refractivity contribution in [3.63, 3.8) is 0 Å². The minimum Gasteiger partial charge on any atom is -0.383 e. The second kappa shape index (κ2) is 9.80. The minimum atomic E-state index is -1.25. The number of hydrogen-bond donors (Lipinski definition) is 2. The Kier molecular flexibility index (Phi) is 6.83. The zero-order chi connectivity index (χ0) is 24.4. The summed E-state index contributed by atoms with van der Waals surface area (Å²) in [6, 6.07) is 6.18. The molecule has 0 spiro atoms. The zero-order valence-electron chi connectivity index (χ0n) is 18.9. The second-order valence-corrected chi connectivity index (χ2v) is 8.92. The highest BCUT2D eigenvalue weighted by Gasteiger charge is 2.36. The largest absolute Gasteiger partial charge is 0.383 e. The smallest absolute Gasteiger partial charge is 0.257 e. The fourth-order valence-electron chi connectivity index (χ4n) is 4.37. The van der Waals surface area contributed by atoms with Crippen LogP contribution in [-0.2, 0) is 4.79 Å². The number of nitrogens with one attached hydrogen (secondary N) is 1.